The minimum absolute atomic E-state index is 0.115. The Hall–Kier alpha value is -3.93. The van der Waals surface area contributed by atoms with Gasteiger partial charge in [0.2, 0.25) is 0 Å². The van der Waals surface area contributed by atoms with Crippen LogP contribution < -0.4 is 4.90 Å². The number of Topliss-reactive ketones (excluding diaryl/α,β-unsaturated/α-hetero) is 1. The zero-order chi connectivity index (χ0) is 24.9. The number of hydrogen-bond acceptors (Lipinski definition) is 5. The van der Waals surface area contributed by atoms with Crippen molar-refractivity contribution in [3.8, 4) is 0 Å². The van der Waals surface area contributed by atoms with E-state index >= 15 is 0 Å². The molecule has 2 aromatic carbocycles. The molecule has 6 heteroatoms. The highest BCUT2D eigenvalue weighted by Gasteiger charge is 2.46. The number of aromatic nitrogens is 1. The van der Waals surface area contributed by atoms with Crippen LogP contribution in [0.3, 0.4) is 0 Å². The number of anilines is 1. The summed E-state index contributed by atoms with van der Waals surface area (Å²) in [6.07, 6.45) is 4.19. The molecular formula is C29H31N3O3. The molecule has 1 saturated heterocycles. The van der Waals surface area contributed by atoms with Gasteiger partial charge in [0.05, 0.1) is 11.6 Å². The summed E-state index contributed by atoms with van der Waals surface area (Å²) in [6, 6.07) is 18.3. The molecule has 1 aliphatic rings. The van der Waals surface area contributed by atoms with Gasteiger partial charge in [0.25, 0.3) is 11.7 Å². The average molecular weight is 470 g/mol. The van der Waals surface area contributed by atoms with Crippen molar-refractivity contribution in [2.24, 2.45) is 0 Å². The minimum Gasteiger partial charge on any atom is -0.507 e. The second-order valence-electron chi connectivity index (χ2n) is 8.60. The summed E-state index contributed by atoms with van der Waals surface area (Å²) in [5.41, 5.74) is 4.47. The molecule has 1 atom stereocenters. The van der Waals surface area contributed by atoms with Crippen LogP contribution >= 0.6 is 0 Å². The largest absolute Gasteiger partial charge is 0.507 e. The van der Waals surface area contributed by atoms with Crippen molar-refractivity contribution in [2.45, 2.75) is 39.8 Å². The first-order chi connectivity index (χ1) is 17.0. The van der Waals surface area contributed by atoms with Gasteiger partial charge in [-0.1, -0.05) is 43.3 Å². The van der Waals surface area contributed by atoms with Crippen LogP contribution in [0.15, 0.2) is 78.6 Å². The van der Waals surface area contributed by atoms with Crippen LogP contribution in [0.5, 0.6) is 0 Å². The Balaban J connectivity index is 1.82. The molecule has 0 saturated carbocycles. The van der Waals surface area contributed by atoms with E-state index in [0.717, 1.165) is 41.9 Å². The summed E-state index contributed by atoms with van der Waals surface area (Å²) in [4.78, 5) is 34.3. The molecule has 1 unspecified atom stereocenters. The van der Waals surface area contributed by atoms with Gasteiger partial charge in [-0.25, -0.2) is 0 Å². The fraction of sp³-hybridized carbons (Fsp3) is 0.276. The highest BCUT2D eigenvalue weighted by atomic mass is 16.3. The lowest BCUT2D eigenvalue weighted by atomic mass is 9.94. The maximum atomic E-state index is 13.3. The molecule has 0 radical (unpaired) electrons. The van der Waals surface area contributed by atoms with Crippen molar-refractivity contribution in [1.29, 1.82) is 0 Å². The topological polar surface area (TPSA) is 73.7 Å². The fourth-order valence-electron chi connectivity index (χ4n) is 4.58. The molecule has 1 N–H and O–H groups in total. The molecule has 4 rings (SSSR count). The van der Waals surface area contributed by atoms with E-state index < -0.39 is 17.7 Å². The molecule has 3 aromatic rings. The highest BCUT2D eigenvalue weighted by Crippen LogP contribution is 2.40. The molecule has 1 aromatic heterocycles. The van der Waals surface area contributed by atoms with Gasteiger partial charge in [-0.15, -0.1) is 0 Å². The molecule has 1 fully saturated rings. The summed E-state index contributed by atoms with van der Waals surface area (Å²) < 4.78 is 0. The van der Waals surface area contributed by atoms with Crippen LogP contribution in [-0.2, 0) is 22.6 Å². The first-order valence-electron chi connectivity index (χ1n) is 12.1. The van der Waals surface area contributed by atoms with Crippen molar-refractivity contribution < 1.29 is 14.7 Å². The molecule has 2 heterocycles. The van der Waals surface area contributed by atoms with E-state index in [0.29, 0.717) is 5.56 Å². The maximum Gasteiger partial charge on any atom is 0.295 e. The summed E-state index contributed by atoms with van der Waals surface area (Å²) in [5, 5.41) is 11.3. The summed E-state index contributed by atoms with van der Waals surface area (Å²) >= 11 is 0. The third-order valence-electron chi connectivity index (χ3n) is 6.62. The minimum atomic E-state index is -0.695. The number of aryl methyl sites for hydroxylation is 1. The fourth-order valence-corrected chi connectivity index (χ4v) is 4.58. The quantitative estimate of drug-likeness (QED) is 0.282. The van der Waals surface area contributed by atoms with E-state index in [9.17, 15) is 14.7 Å². The van der Waals surface area contributed by atoms with Crippen LogP contribution in [0.2, 0.25) is 0 Å². The molecule has 0 spiro atoms. The van der Waals surface area contributed by atoms with Crippen LogP contribution in [0, 0.1) is 0 Å². The number of aliphatic hydroxyl groups excluding tert-OH is 1. The maximum absolute atomic E-state index is 13.3. The van der Waals surface area contributed by atoms with Crippen molar-refractivity contribution in [1.82, 2.24) is 9.88 Å². The van der Waals surface area contributed by atoms with Gasteiger partial charge in [-0.3, -0.25) is 14.6 Å². The summed E-state index contributed by atoms with van der Waals surface area (Å²) in [5.74, 6) is -1.44. The molecule has 6 nitrogen and oxygen atoms in total. The SMILES string of the molecule is CCc1ccc(/C(O)=C2/C(=O)C(=O)N(Cc3ccncc3)C2c2ccc(N(CC)CC)cc2)cc1. The van der Waals surface area contributed by atoms with E-state index in [-0.39, 0.29) is 17.9 Å². The van der Waals surface area contributed by atoms with Gasteiger partial charge in [0.1, 0.15) is 5.76 Å². The number of amides is 1. The number of carbonyl (C=O) groups excluding carboxylic acids is 2. The van der Waals surface area contributed by atoms with Crippen molar-refractivity contribution in [3.05, 3.63) is 101 Å². The van der Waals surface area contributed by atoms with Gasteiger partial charge >= 0.3 is 0 Å². The van der Waals surface area contributed by atoms with E-state index in [4.69, 9.17) is 0 Å². The number of pyridine rings is 1. The number of likely N-dealkylation sites (tertiary alicyclic amines) is 1. The lowest BCUT2D eigenvalue weighted by molar-refractivity contribution is -0.140. The predicted molar refractivity (Wildman–Crippen MR) is 138 cm³/mol. The molecule has 0 bridgehead atoms. The Morgan fingerprint density at radius 2 is 1.51 bits per heavy atom. The summed E-state index contributed by atoms with van der Waals surface area (Å²) in [7, 11) is 0. The Morgan fingerprint density at radius 1 is 0.886 bits per heavy atom. The molecule has 0 aliphatic carbocycles. The van der Waals surface area contributed by atoms with Gasteiger partial charge in [-0.2, -0.15) is 0 Å². The Morgan fingerprint density at radius 3 is 2.09 bits per heavy atom. The zero-order valence-corrected chi connectivity index (χ0v) is 20.4. The van der Waals surface area contributed by atoms with Gasteiger partial charge in [0.15, 0.2) is 0 Å². The lowest BCUT2D eigenvalue weighted by Gasteiger charge is -2.26. The highest BCUT2D eigenvalue weighted by molar-refractivity contribution is 6.46. The van der Waals surface area contributed by atoms with E-state index in [2.05, 4.69) is 30.7 Å². The van der Waals surface area contributed by atoms with E-state index in [1.165, 1.54) is 4.90 Å². The van der Waals surface area contributed by atoms with Crippen LogP contribution in [0.1, 0.15) is 49.1 Å². The molecule has 1 aliphatic heterocycles. The lowest BCUT2D eigenvalue weighted by Crippen LogP contribution is -2.29. The van der Waals surface area contributed by atoms with Gasteiger partial charge < -0.3 is 14.9 Å². The normalized spacial score (nSPS) is 17.1. The van der Waals surface area contributed by atoms with Crippen molar-refractivity contribution in [2.75, 3.05) is 18.0 Å². The van der Waals surface area contributed by atoms with Crippen molar-refractivity contribution >= 4 is 23.1 Å². The van der Waals surface area contributed by atoms with Gasteiger partial charge in [-0.05, 0) is 61.2 Å². The Kier molecular flexibility index (Phi) is 7.30. The number of benzene rings is 2. The zero-order valence-electron chi connectivity index (χ0n) is 20.4. The number of aliphatic hydroxyl groups is 1. The van der Waals surface area contributed by atoms with Crippen LogP contribution in [0.4, 0.5) is 5.69 Å². The molecule has 1 amide bonds. The number of nitrogens with zero attached hydrogens (tertiary/aromatic N) is 3. The Bertz CT molecular complexity index is 1210. The smallest absolute Gasteiger partial charge is 0.295 e. The number of rotatable bonds is 8. The monoisotopic (exact) mass is 469 g/mol. The molecular weight excluding hydrogens is 438 g/mol. The van der Waals surface area contributed by atoms with E-state index in [1.54, 1.807) is 24.5 Å². The standard InChI is InChI=1S/C29H31N3O3/c1-4-20-7-9-23(10-8-20)27(33)25-26(22-11-13-24(14-12-22)31(5-2)6-3)32(29(35)28(25)34)19-21-15-17-30-18-16-21/h7-18,26,33H,4-6,19H2,1-3H3/b27-25-. The Labute approximate surface area is 206 Å². The number of carbonyl (C=O) groups is 2. The number of ketones is 1. The van der Waals surface area contributed by atoms with Crippen LogP contribution in [0.25, 0.3) is 5.76 Å². The van der Waals surface area contributed by atoms with Crippen LogP contribution in [-0.4, -0.2) is 39.8 Å². The van der Waals surface area contributed by atoms with E-state index in [1.807, 2.05) is 48.5 Å². The molecule has 180 valence electrons. The first kappa shape index (κ1) is 24.2. The average Bonchev–Trinajstić information content (AvgIpc) is 3.15. The summed E-state index contributed by atoms with van der Waals surface area (Å²) in [6.45, 7) is 8.26. The molecule has 35 heavy (non-hydrogen) atoms. The van der Waals surface area contributed by atoms with Gasteiger partial charge in [0, 0.05) is 43.3 Å². The predicted octanol–water partition coefficient (Wildman–Crippen LogP) is 5.11. The van der Waals surface area contributed by atoms with Crippen molar-refractivity contribution in [3.63, 3.8) is 0 Å². The number of hydrogen-bond donors (Lipinski definition) is 1. The second kappa shape index (κ2) is 10.6. The second-order valence-corrected chi connectivity index (χ2v) is 8.60. The third kappa shape index (κ3) is 4.83. The first-order valence-corrected chi connectivity index (χ1v) is 12.1. The third-order valence-corrected chi connectivity index (χ3v) is 6.62.